The van der Waals surface area contributed by atoms with Crippen LogP contribution < -0.4 is 10.6 Å². The van der Waals surface area contributed by atoms with Gasteiger partial charge in [-0.1, -0.05) is 51.1 Å². The van der Waals surface area contributed by atoms with E-state index < -0.39 is 0 Å². The van der Waals surface area contributed by atoms with Gasteiger partial charge in [0.15, 0.2) is 0 Å². The third kappa shape index (κ3) is 5.04. The summed E-state index contributed by atoms with van der Waals surface area (Å²) < 4.78 is 5.31. The number of hydrogen-bond acceptors (Lipinski definition) is 5. The standard InChI is InChI=1S/C23H28N2O2S/c1-6-13-27-22(26)20-18(14-19(28-20)23(3,4)5)25-21(16-9-10-16)24-17-11-7-15(2)8-12-17/h6-8,11-12,14,24-25H,1,9-10,13H2,2-5H3. The van der Waals surface area contributed by atoms with E-state index in [-0.39, 0.29) is 18.0 Å². The second-order valence-corrected chi connectivity index (χ2v) is 9.14. The van der Waals surface area contributed by atoms with E-state index in [2.05, 4.69) is 75.2 Å². The summed E-state index contributed by atoms with van der Waals surface area (Å²) in [7, 11) is 0. The Morgan fingerprint density at radius 2 is 1.89 bits per heavy atom. The van der Waals surface area contributed by atoms with E-state index in [1.807, 2.05) is 0 Å². The number of carbonyl (C=O) groups excluding carboxylic acids is 1. The first-order chi connectivity index (χ1) is 13.3. The number of carbonyl (C=O) groups is 1. The molecule has 0 radical (unpaired) electrons. The van der Waals surface area contributed by atoms with Gasteiger partial charge in [0.25, 0.3) is 0 Å². The predicted molar refractivity (Wildman–Crippen MR) is 118 cm³/mol. The Kier molecular flexibility index (Phi) is 5.94. The van der Waals surface area contributed by atoms with E-state index in [0.717, 1.165) is 34.9 Å². The van der Waals surface area contributed by atoms with Crippen molar-refractivity contribution in [1.29, 1.82) is 0 Å². The van der Waals surface area contributed by atoms with Gasteiger partial charge in [0.1, 0.15) is 17.3 Å². The summed E-state index contributed by atoms with van der Waals surface area (Å²) in [5.74, 6) is 0.637. The van der Waals surface area contributed by atoms with Crippen molar-refractivity contribution in [3.63, 3.8) is 0 Å². The molecule has 1 fully saturated rings. The summed E-state index contributed by atoms with van der Waals surface area (Å²) in [6.07, 6.45) is 3.71. The van der Waals surface area contributed by atoms with Gasteiger partial charge in [0.05, 0.1) is 5.69 Å². The average Bonchev–Trinajstić information content (AvgIpc) is 3.40. The Hall–Kier alpha value is -2.53. The van der Waals surface area contributed by atoms with E-state index in [1.165, 1.54) is 22.5 Å². The maximum absolute atomic E-state index is 12.6. The molecule has 0 unspecified atom stereocenters. The minimum atomic E-state index is -0.321. The molecule has 0 bridgehead atoms. The number of nitrogens with one attached hydrogen (secondary N) is 2. The minimum Gasteiger partial charge on any atom is -0.457 e. The molecule has 1 aromatic carbocycles. The summed E-state index contributed by atoms with van der Waals surface area (Å²) in [6, 6.07) is 10.4. The SMILES string of the molecule is C=CCOC(=O)c1sc(C(C)(C)C)cc1NC(Nc1ccc(C)cc1)=C1CC1. The summed E-state index contributed by atoms with van der Waals surface area (Å²) in [5, 5.41) is 6.95. The largest absolute Gasteiger partial charge is 0.457 e. The Bertz CT molecular complexity index is 896. The highest BCUT2D eigenvalue weighted by Gasteiger charge is 2.26. The van der Waals surface area contributed by atoms with Crippen molar-refractivity contribution in [2.24, 2.45) is 0 Å². The fraction of sp³-hybridized carbons (Fsp3) is 0.348. The molecule has 0 atom stereocenters. The molecule has 2 N–H and O–H groups in total. The van der Waals surface area contributed by atoms with E-state index in [4.69, 9.17) is 4.74 Å². The second-order valence-electron chi connectivity index (χ2n) is 8.09. The van der Waals surface area contributed by atoms with Gasteiger partial charge in [0.2, 0.25) is 0 Å². The zero-order valence-electron chi connectivity index (χ0n) is 17.0. The third-order valence-electron chi connectivity index (χ3n) is 4.42. The quantitative estimate of drug-likeness (QED) is 0.430. The van der Waals surface area contributed by atoms with Gasteiger partial charge >= 0.3 is 5.97 Å². The number of benzene rings is 1. The predicted octanol–water partition coefficient (Wildman–Crippen LogP) is 6.23. The molecule has 28 heavy (non-hydrogen) atoms. The van der Waals surface area contributed by atoms with Gasteiger partial charge in [-0.2, -0.15) is 0 Å². The highest BCUT2D eigenvalue weighted by molar-refractivity contribution is 7.14. The van der Waals surface area contributed by atoms with Crippen LogP contribution in [0.3, 0.4) is 0 Å². The Labute approximate surface area is 171 Å². The molecule has 3 rings (SSSR count). The van der Waals surface area contributed by atoms with Crippen molar-refractivity contribution in [2.75, 3.05) is 17.2 Å². The number of hydrogen-bond donors (Lipinski definition) is 2. The molecular weight excluding hydrogens is 368 g/mol. The molecule has 1 aliphatic rings. The van der Waals surface area contributed by atoms with Crippen molar-refractivity contribution in [3.8, 4) is 0 Å². The molecule has 0 spiro atoms. The van der Waals surface area contributed by atoms with Crippen LogP contribution in [0.5, 0.6) is 0 Å². The lowest BCUT2D eigenvalue weighted by molar-refractivity contribution is 0.0556. The fourth-order valence-electron chi connectivity index (χ4n) is 2.64. The Morgan fingerprint density at radius 3 is 2.46 bits per heavy atom. The first kappa shape index (κ1) is 20.2. The summed E-state index contributed by atoms with van der Waals surface area (Å²) >= 11 is 1.49. The molecular formula is C23H28N2O2S. The minimum absolute atomic E-state index is 0.0463. The summed E-state index contributed by atoms with van der Waals surface area (Å²) in [6.45, 7) is 12.3. The summed E-state index contributed by atoms with van der Waals surface area (Å²) in [4.78, 5) is 14.3. The van der Waals surface area contributed by atoms with E-state index in [1.54, 1.807) is 6.08 Å². The van der Waals surface area contributed by atoms with E-state index in [9.17, 15) is 4.79 Å². The molecule has 148 valence electrons. The van der Waals surface area contributed by atoms with Gasteiger partial charge in [-0.15, -0.1) is 11.3 Å². The Balaban J connectivity index is 1.89. The van der Waals surface area contributed by atoms with Crippen LogP contribution in [0.25, 0.3) is 0 Å². The van der Waals surface area contributed by atoms with Gasteiger partial charge in [-0.3, -0.25) is 0 Å². The molecule has 1 aliphatic carbocycles. The maximum Gasteiger partial charge on any atom is 0.350 e. The molecule has 1 saturated carbocycles. The molecule has 0 saturated heterocycles. The van der Waals surface area contributed by atoms with Crippen LogP contribution in [0.1, 0.15) is 53.7 Å². The van der Waals surface area contributed by atoms with Crippen LogP contribution in [0.4, 0.5) is 11.4 Å². The lowest BCUT2D eigenvalue weighted by Gasteiger charge is -2.16. The van der Waals surface area contributed by atoms with Gasteiger partial charge in [-0.25, -0.2) is 4.79 Å². The van der Waals surface area contributed by atoms with E-state index in [0.29, 0.717) is 4.88 Å². The third-order valence-corrected chi connectivity index (χ3v) is 5.96. The van der Waals surface area contributed by atoms with E-state index >= 15 is 0 Å². The molecule has 1 heterocycles. The molecule has 4 nitrogen and oxygen atoms in total. The molecule has 2 aromatic rings. The normalized spacial score (nSPS) is 13.1. The second kappa shape index (κ2) is 8.23. The molecule has 1 aromatic heterocycles. The number of rotatable bonds is 7. The van der Waals surface area contributed by atoms with Crippen LogP contribution in [0.2, 0.25) is 0 Å². The average molecular weight is 397 g/mol. The zero-order valence-corrected chi connectivity index (χ0v) is 17.8. The maximum atomic E-state index is 12.6. The van der Waals surface area contributed by atoms with Gasteiger partial charge in [-0.05, 0) is 49.0 Å². The van der Waals surface area contributed by atoms with Crippen molar-refractivity contribution in [1.82, 2.24) is 0 Å². The van der Waals surface area contributed by atoms with Crippen molar-refractivity contribution >= 4 is 28.7 Å². The van der Waals surface area contributed by atoms with Crippen molar-refractivity contribution in [3.05, 3.63) is 69.7 Å². The highest BCUT2D eigenvalue weighted by Crippen LogP contribution is 2.38. The number of thiophene rings is 1. The van der Waals surface area contributed by atoms with Crippen LogP contribution in [-0.2, 0) is 10.2 Å². The van der Waals surface area contributed by atoms with Gasteiger partial charge < -0.3 is 15.4 Å². The molecule has 0 aliphatic heterocycles. The first-order valence-corrected chi connectivity index (χ1v) is 10.3. The number of aryl methyl sites for hydroxylation is 1. The Morgan fingerprint density at radius 1 is 1.21 bits per heavy atom. The fourth-order valence-corrected chi connectivity index (χ4v) is 3.71. The highest BCUT2D eigenvalue weighted by atomic mass is 32.1. The lowest BCUT2D eigenvalue weighted by atomic mass is 9.94. The number of ether oxygens (including phenoxy) is 1. The molecule has 5 heteroatoms. The van der Waals surface area contributed by atoms with Crippen LogP contribution in [-0.4, -0.2) is 12.6 Å². The van der Waals surface area contributed by atoms with Crippen molar-refractivity contribution in [2.45, 2.75) is 46.0 Å². The number of esters is 1. The topological polar surface area (TPSA) is 50.4 Å². The monoisotopic (exact) mass is 396 g/mol. The van der Waals surface area contributed by atoms with Crippen molar-refractivity contribution < 1.29 is 9.53 Å². The number of anilines is 2. The van der Waals surface area contributed by atoms with Crippen LogP contribution >= 0.6 is 11.3 Å². The van der Waals surface area contributed by atoms with Gasteiger partial charge in [0, 0.05) is 10.6 Å². The number of allylic oxidation sites excluding steroid dienone is 1. The lowest BCUT2D eigenvalue weighted by Crippen LogP contribution is -2.12. The smallest absolute Gasteiger partial charge is 0.350 e. The van der Waals surface area contributed by atoms with Crippen LogP contribution in [0.15, 0.2) is 54.4 Å². The molecule has 0 amide bonds. The zero-order chi connectivity index (χ0) is 20.3. The summed E-state index contributed by atoms with van der Waals surface area (Å²) in [5.41, 5.74) is 4.32. The van der Waals surface area contributed by atoms with Crippen LogP contribution in [0, 0.1) is 6.92 Å². The first-order valence-electron chi connectivity index (χ1n) is 9.53.